The van der Waals surface area contributed by atoms with E-state index in [1.165, 1.54) is 25.7 Å². The fourth-order valence-corrected chi connectivity index (χ4v) is 4.13. The van der Waals surface area contributed by atoms with Crippen LogP contribution in [0.5, 0.6) is 17.2 Å². The molecule has 2 aliphatic carbocycles. The molecule has 2 bridgehead atoms. The minimum Gasteiger partial charge on any atom is -0.507 e. The van der Waals surface area contributed by atoms with E-state index >= 15 is 0 Å². The first-order valence-electron chi connectivity index (χ1n) is 7.62. The van der Waals surface area contributed by atoms with Crippen LogP contribution in [0.1, 0.15) is 31.2 Å². The minimum atomic E-state index is 0.247. The lowest BCUT2D eigenvalue weighted by Crippen LogP contribution is -2.26. The Hall–Kier alpha value is -1.42. The van der Waals surface area contributed by atoms with Crippen molar-refractivity contribution in [1.82, 2.24) is 5.32 Å². The van der Waals surface area contributed by atoms with Crippen LogP contribution in [0, 0.1) is 17.8 Å². The van der Waals surface area contributed by atoms with Crippen molar-refractivity contribution in [2.75, 3.05) is 13.3 Å². The van der Waals surface area contributed by atoms with Crippen molar-refractivity contribution >= 4 is 0 Å². The van der Waals surface area contributed by atoms with Gasteiger partial charge in [0.25, 0.3) is 0 Å². The first-order valence-corrected chi connectivity index (χ1v) is 7.62. The summed E-state index contributed by atoms with van der Waals surface area (Å²) in [5.74, 6) is 4.43. The molecule has 2 saturated carbocycles. The van der Waals surface area contributed by atoms with Gasteiger partial charge in [-0.15, -0.1) is 0 Å². The van der Waals surface area contributed by atoms with Crippen LogP contribution in [-0.4, -0.2) is 18.4 Å². The van der Waals surface area contributed by atoms with E-state index in [2.05, 4.69) is 5.32 Å². The van der Waals surface area contributed by atoms with Gasteiger partial charge in [0, 0.05) is 18.2 Å². The maximum atomic E-state index is 10.00. The van der Waals surface area contributed by atoms with E-state index in [0.29, 0.717) is 12.3 Å². The summed E-state index contributed by atoms with van der Waals surface area (Å²) < 4.78 is 10.6. The average molecular weight is 275 g/mol. The van der Waals surface area contributed by atoms with Gasteiger partial charge in [0.1, 0.15) is 5.75 Å². The van der Waals surface area contributed by atoms with E-state index in [1.54, 1.807) is 6.07 Å². The predicted octanol–water partition coefficient (Wildman–Crippen LogP) is 2.65. The monoisotopic (exact) mass is 275 g/mol. The van der Waals surface area contributed by atoms with Crippen molar-refractivity contribution < 1.29 is 14.6 Å². The topological polar surface area (TPSA) is 50.7 Å². The second-order valence-corrected chi connectivity index (χ2v) is 6.40. The zero-order valence-corrected chi connectivity index (χ0v) is 11.6. The molecule has 2 N–H and O–H groups in total. The van der Waals surface area contributed by atoms with Gasteiger partial charge in [-0.05, 0) is 49.6 Å². The molecule has 4 heteroatoms. The first kappa shape index (κ1) is 12.3. The lowest BCUT2D eigenvalue weighted by atomic mass is 9.89. The van der Waals surface area contributed by atoms with E-state index in [4.69, 9.17) is 9.47 Å². The Morgan fingerprint density at radius 3 is 2.75 bits per heavy atom. The van der Waals surface area contributed by atoms with Crippen LogP contribution in [0.25, 0.3) is 0 Å². The molecule has 2 fully saturated rings. The van der Waals surface area contributed by atoms with Gasteiger partial charge < -0.3 is 19.9 Å². The van der Waals surface area contributed by atoms with Crippen LogP contribution in [0.3, 0.4) is 0 Å². The number of ether oxygens (including phenoxy) is 2. The summed E-state index contributed by atoms with van der Waals surface area (Å²) in [6.45, 7) is 2.00. The van der Waals surface area contributed by atoms with Crippen molar-refractivity contribution in [1.29, 1.82) is 0 Å². The zero-order valence-electron chi connectivity index (χ0n) is 11.6. The average Bonchev–Trinajstić information content (AvgIpc) is 3.14. The molecule has 1 aromatic rings. The molecule has 0 radical (unpaired) electrons. The molecule has 3 aliphatic rings. The molecule has 20 heavy (non-hydrogen) atoms. The lowest BCUT2D eigenvalue weighted by Gasteiger charge is -2.22. The third-order valence-electron chi connectivity index (χ3n) is 5.18. The van der Waals surface area contributed by atoms with E-state index in [0.717, 1.165) is 35.6 Å². The molecule has 1 heterocycles. The van der Waals surface area contributed by atoms with Gasteiger partial charge in [0.2, 0.25) is 6.79 Å². The molecule has 0 amide bonds. The Kier molecular flexibility index (Phi) is 2.99. The van der Waals surface area contributed by atoms with Crippen molar-refractivity contribution in [3.05, 3.63) is 17.7 Å². The fourth-order valence-electron chi connectivity index (χ4n) is 4.13. The van der Waals surface area contributed by atoms with Crippen LogP contribution < -0.4 is 14.8 Å². The SMILES string of the molecule is Oc1cc2c(cc1CNCC1CC3CCC1C3)OCO2. The standard InChI is InChI=1S/C16H21NO3/c18-14-6-16-15(19-9-20-16)5-13(14)8-17-7-12-4-10-1-2-11(12)3-10/h5-6,10-12,17-18H,1-4,7-9H2. The second-order valence-electron chi connectivity index (χ2n) is 6.40. The van der Waals surface area contributed by atoms with E-state index in [9.17, 15) is 5.11 Å². The van der Waals surface area contributed by atoms with Gasteiger partial charge in [-0.3, -0.25) is 0 Å². The maximum absolute atomic E-state index is 10.00. The fraction of sp³-hybridized carbons (Fsp3) is 0.625. The maximum Gasteiger partial charge on any atom is 0.231 e. The summed E-state index contributed by atoms with van der Waals surface area (Å²) >= 11 is 0. The summed E-state index contributed by atoms with van der Waals surface area (Å²) in [5.41, 5.74) is 0.886. The Labute approximate surface area is 119 Å². The molecule has 0 aromatic heterocycles. The number of fused-ring (bicyclic) bond motifs is 3. The van der Waals surface area contributed by atoms with Crippen LogP contribution in [0.2, 0.25) is 0 Å². The summed E-state index contributed by atoms with van der Waals surface area (Å²) in [6, 6.07) is 3.53. The number of hydrogen-bond acceptors (Lipinski definition) is 4. The molecule has 0 spiro atoms. The van der Waals surface area contributed by atoms with Crippen molar-refractivity contribution in [2.24, 2.45) is 17.8 Å². The quantitative estimate of drug-likeness (QED) is 0.887. The predicted molar refractivity (Wildman–Crippen MR) is 74.9 cm³/mol. The Balaban J connectivity index is 1.35. The van der Waals surface area contributed by atoms with Gasteiger partial charge >= 0.3 is 0 Å². The van der Waals surface area contributed by atoms with Gasteiger partial charge in [-0.1, -0.05) is 6.42 Å². The van der Waals surface area contributed by atoms with Crippen LogP contribution in [0.4, 0.5) is 0 Å². The molecular formula is C16H21NO3. The third-order valence-corrected chi connectivity index (χ3v) is 5.18. The number of nitrogens with one attached hydrogen (secondary N) is 1. The van der Waals surface area contributed by atoms with E-state index < -0.39 is 0 Å². The summed E-state index contributed by atoms with van der Waals surface area (Å²) in [5, 5.41) is 13.5. The van der Waals surface area contributed by atoms with Crippen molar-refractivity contribution in [3.8, 4) is 17.2 Å². The highest BCUT2D eigenvalue weighted by atomic mass is 16.7. The van der Waals surface area contributed by atoms with E-state index in [1.807, 2.05) is 6.07 Å². The number of phenols is 1. The Morgan fingerprint density at radius 1 is 1.15 bits per heavy atom. The molecule has 108 valence electrons. The van der Waals surface area contributed by atoms with Crippen molar-refractivity contribution in [3.63, 3.8) is 0 Å². The molecule has 0 saturated heterocycles. The van der Waals surface area contributed by atoms with Gasteiger partial charge in [-0.2, -0.15) is 0 Å². The number of hydrogen-bond donors (Lipinski definition) is 2. The number of benzene rings is 1. The Morgan fingerprint density at radius 2 is 2.00 bits per heavy atom. The highest BCUT2D eigenvalue weighted by molar-refractivity contribution is 5.51. The third kappa shape index (κ3) is 2.12. The van der Waals surface area contributed by atoms with Crippen LogP contribution in [0.15, 0.2) is 12.1 Å². The highest BCUT2D eigenvalue weighted by Crippen LogP contribution is 2.48. The van der Waals surface area contributed by atoms with Crippen molar-refractivity contribution in [2.45, 2.75) is 32.2 Å². The second kappa shape index (κ2) is 4.85. The zero-order chi connectivity index (χ0) is 13.5. The van der Waals surface area contributed by atoms with Gasteiger partial charge in [0.15, 0.2) is 11.5 Å². The summed E-state index contributed by atoms with van der Waals surface area (Å²) in [7, 11) is 0. The molecule has 3 unspecified atom stereocenters. The molecule has 1 aromatic carbocycles. The molecule has 1 aliphatic heterocycles. The lowest BCUT2D eigenvalue weighted by molar-refractivity contribution is 0.174. The van der Waals surface area contributed by atoms with E-state index in [-0.39, 0.29) is 12.5 Å². The molecule has 4 rings (SSSR count). The summed E-state index contributed by atoms with van der Waals surface area (Å²) in [4.78, 5) is 0. The minimum absolute atomic E-state index is 0.247. The molecule has 4 nitrogen and oxygen atoms in total. The molecule has 3 atom stereocenters. The normalized spacial score (nSPS) is 30.1. The van der Waals surface area contributed by atoms with Gasteiger partial charge in [-0.25, -0.2) is 0 Å². The highest BCUT2D eigenvalue weighted by Gasteiger charge is 2.38. The largest absolute Gasteiger partial charge is 0.507 e. The number of aromatic hydroxyl groups is 1. The van der Waals surface area contributed by atoms with Crippen LogP contribution in [-0.2, 0) is 6.54 Å². The number of phenolic OH excluding ortho intramolecular Hbond substituents is 1. The first-order chi connectivity index (χ1) is 9.79. The Bertz CT molecular complexity index is 517. The van der Waals surface area contributed by atoms with Gasteiger partial charge in [0.05, 0.1) is 0 Å². The molecular weight excluding hydrogens is 254 g/mol. The summed E-state index contributed by atoms with van der Waals surface area (Å²) in [6.07, 6.45) is 5.71. The smallest absolute Gasteiger partial charge is 0.231 e. The van der Waals surface area contributed by atoms with Crippen LogP contribution >= 0.6 is 0 Å². The number of rotatable bonds is 4.